The lowest BCUT2D eigenvalue weighted by Gasteiger charge is -2.22. The Balaban J connectivity index is 1.88. The van der Waals surface area contributed by atoms with E-state index in [4.69, 9.17) is 9.84 Å². The SMILES string of the molecule is COc1ccc(NC(=O)CN2CCC(C(=O)O)C2C)cc1. The smallest absolute Gasteiger partial charge is 0.308 e. The number of ether oxygens (including phenoxy) is 1. The highest BCUT2D eigenvalue weighted by Gasteiger charge is 2.36. The molecule has 0 aromatic heterocycles. The van der Waals surface area contributed by atoms with Gasteiger partial charge in [-0.25, -0.2) is 0 Å². The number of carbonyl (C=O) groups is 2. The quantitative estimate of drug-likeness (QED) is 0.858. The molecule has 1 heterocycles. The summed E-state index contributed by atoms with van der Waals surface area (Å²) >= 11 is 0. The van der Waals surface area contributed by atoms with E-state index in [9.17, 15) is 9.59 Å². The van der Waals surface area contributed by atoms with E-state index < -0.39 is 11.9 Å². The molecule has 1 aliphatic rings. The number of nitrogens with zero attached hydrogens (tertiary/aromatic N) is 1. The number of carboxylic acid groups (broad SMARTS) is 1. The first-order valence-corrected chi connectivity index (χ1v) is 6.92. The van der Waals surface area contributed by atoms with E-state index >= 15 is 0 Å². The van der Waals surface area contributed by atoms with Crippen LogP contribution in [0, 0.1) is 5.92 Å². The predicted octanol–water partition coefficient (Wildman–Crippen LogP) is 1.43. The summed E-state index contributed by atoms with van der Waals surface area (Å²) in [4.78, 5) is 25.0. The maximum atomic E-state index is 12.0. The van der Waals surface area contributed by atoms with Crippen LogP contribution in [0.25, 0.3) is 0 Å². The number of anilines is 1. The van der Waals surface area contributed by atoms with Gasteiger partial charge < -0.3 is 15.2 Å². The first kappa shape index (κ1) is 15.3. The molecule has 21 heavy (non-hydrogen) atoms. The van der Waals surface area contributed by atoms with Crippen molar-refractivity contribution >= 4 is 17.6 Å². The molecule has 6 heteroatoms. The highest BCUT2D eigenvalue weighted by molar-refractivity contribution is 5.92. The summed E-state index contributed by atoms with van der Waals surface area (Å²) in [6.07, 6.45) is 0.590. The topological polar surface area (TPSA) is 78.9 Å². The fraction of sp³-hybridized carbons (Fsp3) is 0.467. The molecule has 1 aromatic carbocycles. The van der Waals surface area contributed by atoms with E-state index in [2.05, 4.69) is 5.32 Å². The van der Waals surface area contributed by atoms with Crippen LogP contribution in [-0.2, 0) is 9.59 Å². The molecule has 2 N–H and O–H groups in total. The molecule has 1 saturated heterocycles. The van der Waals surface area contributed by atoms with Gasteiger partial charge in [0.15, 0.2) is 0 Å². The molecule has 2 unspecified atom stereocenters. The Hall–Kier alpha value is -2.08. The van der Waals surface area contributed by atoms with Crippen molar-refractivity contribution in [2.75, 3.05) is 25.5 Å². The van der Waals surface area contributed by atoms with Crippen LogP contribution >= 0.6 is 0 Å². The van der Waals surface area contributed by atoms with Crippen molar-refractivity contribution < 1.29 is 19.4 Å². The Morgan fingerprint density at radius 1 is 1.38 bits per heavy atom. The molecule has 2 atom stereocenters. The maximum Gasteiger partial charge on any atom is 0.308 e. The summed E-state index contributed by atoms with van der Waals surface area (Å²) in [6.45, 7) is 2.69. The van der Waals surface area contributed by atoms with Gasteiger partial charge in [-0.15, -0.1) is 0 Å². The number of nitrogens with one attached hydrogen (secondary N) is 1. The van der Waals surface area contributed by atoms with Crippen molar-refractivity contribution in [1.82, 2.24) is 4.90 Å². The van der Waals surface area contributed by atoms with Crippen molar-refractivity contribution in [2.24, 2.45) is 5.92 Å². The van der Waals surface area contributed by atoms with E-state index in [0.29, 0.717) is 18.7 Å². The van der Waals surface area contributed by atoms with Crippen LogP contribution in [0.15, 0.2) is 24.3 Å². The molecule has 1 aromatic rings. The summed E-state index contributed by atoms with van der Waals surface area (Å²) in [5, 5.41) is 11.9. The van der Waals surface area contributed by atoms with Gasteiger partial charge in [0.2, 0.25) is 5.91 Å². The number of aliphatic carboxylic acids is 1. The van der Waals surface area contributed by atoms with Crippen molar-refractivity contribution in [1.29, 1.82) is 0 Å². The van der Waals surface area contributed by atoms with Gasteiger partial charge in [-0.3, -0.25) is 14.5 Å². The van der Waals surface area contributed by atoms with Crippen molar-refractivity contribution in [3.8, 4) is 5.75 Å². The van der Waals surface area contributed by atoms with Crippen LogP contribution < -0.4 is 10.1 Å². The summed E-state index contributed by atoms with van der Waals surface area (Å²) in [7, 11) is 1.58. The van der Waals surface area contributed by atoms with E-state index in [1.807, 2.05) is 11.8 Å². The van der Waals surface area contributed by atoms with Crippen LogP contribution in [0.3, 0.4) is 0 Å². The van der Waals surface area contributed by atoms with Crippen molar-refractivity contribution in [3.63, 3.8) is 0 Å². The molecule has 0 spiro atoms. The Labute approximate surface area is 123 Å². The number of benzene rings is 1. The fourth-order valence-electron chi connectivity index (χ4n) is 2.62. The number of carbonyl (C=O) groups excluding carboxylic acids is 1. The third-order valence-corrected chi connectivity index (χ3v) is 3.92. The number of likely N-dealkylation sites (tertiary alicyclic amines) is 1. The van der Waals surface area contributed by atoms with Gasteiger partial charge in [-0.1, -0.05) is 0 Å². The molecule has 0 radical (unpaired) electrons. The van der Waals surface area contributed by atoms with E-state index in [0.717, 1.165) is 5.75 Å². The number of amides is 1. The molecule has 1 fully saturated rings. The van der Waals surface area contributed by atoms with Gasteiger partial charge in [-0.2, -0.15) is 0 Å². The molecule has 114 valence electrons. The zero-order valence-electron chi connectivity index (χ0n) is 12.2. The van der Waals surface area contributed by atoms with E-state index in [1.54, 1.807) is 31.4 Å². The number of hydrogen-bond donors (Lipinski definition) is 2. The number of methoxy groups -OCH3 is 1. The van der Waals surface area contributed by atoms with Gasteiger partial charge in [0.25, 0.3) is 0 Å². The molecule has 0 bridgehead atoms. The summed E-state index contributed by atoms with van der Waals surface area (Å²) < 4.78 is 5.05. The second-order valence-corrected chi connectivity index (χ2v) is 5.22. The van der Waals surface area contributed by atoms with E-state index in [-0.39, 0.29) is 18.5 Å². The molecule has 0 saturated carbocycles. The molecule has 1 aliphatic heterocycles. The van der Waals surface area contributed by atoms with Gasteiger partial charge in [0.05, 0.1) is 19.6 Å². The Morgan fingerprint density at radius 3 is 2.57 bits per heavy atom. The van der Waals surface area contributed by atoms with Crippen molar-refractivity contribution in [3.05, 3.63) is 24.3 Å². The van der Waals surface area contributed by atoms with Crippen molar-refractivity contribution in [2.45, 2.75) is 19.4 Å². The molecule has 2 rings (SSSR count). The number of carboxylic acids is 1. The first-order valence-electron chi connectivity index (χ1n) is 6.92. The second-order valence-electron chi connectivity index (χ2n) is 5.22. The largest absolute Gasteiger partial charge is 0.497 e. The monoisotopic (exact) mass is 292 g/mol. The predicted molar refractivity (Wildman–Crippen MR) is 78.4 cm³/mol. The standard InChI is InChI=1S/C15H20N2O4/c1-10-13(15(19)20)7-8-17(10)9-14(18)16-11-3-5-12(21-2)6-4-11/h3-6,10,13H,7-9H2,1-2H3,(H,16,18)(H,19,20). The fourth-order valence-corrected chi connectivity index (χ4v) is 2.62. The van der Waals surface area contributed by atoms with Gasteiger partial charge in [-0.05, 0) is 44.2 Å². The third-order valence-electron chi connectivity index (χ3n) is 3.92. The lowest BCUT2D eigenvalue weighted by atomic mass is 10.0. The minimum Gasteiger partial charge on any atom is -0.497 e. The van der Waals surface area contributed by atoms with Gasteiger partial charge in [0.1, 0.15) is 5.75 Å². The molecule has 1 amide bonds. The summed E-state index contributed by atoms with van der Waals surface area (Å²) in [6, 6.07) is 6.96. The third kappa shape index (κ3) is 3.72. The molecule has 6 nitrogen and oxygen atoms in total. The molecular formula is C15H20N2O4. The summed E-state index contributed by atoms with van der Waals surface area (Å²) in [5.41, 5.74) is 0.697. The number of hydrogen-bond acceptors (Lipinski definition) is 4. The van der Waals surface area contributed by atoms with Gasteiger partial charge in [0, 0.05) is 11.7 Å². The maximum absolute atomic E-state index is 12.0. The van der Waals surface area contributed by atoms with Crippen LogP contribution in [0.4, 0.5) is 5.69 Å². The first-order chi connectivity index (χ1) is 10.0. The Morgan fingerprint density at radius 2 is 2.05 bits per heavy atom. The van der Waals surface area contributed by atoms with Crippen LogP contribution in [0.5, 0.6) is 5.75 Å². The lowest BCUT2D eigenvalue weighted by molar-refractivity contribution is -0.142. The molecule has 0 aliphatic carbocycles. The zero-order chi connectivity index (χ0) is 15.4. The lowest BCUT2D eigenvalue weighted by Crippen LogP contribution is -2.38. The minimum absolute atomic E-state index is 0.121. The van der Waals surface area contributed by atoms with Crippen LogP contribution in [0.2, 0.25) is 0 Å². The highest BCUT2D eigenvalue weighted by atomic mass is 16.5. The summed E-state index contributed by atoms with van der Waals surface area (Å²) in [5.74, 6) is -0.595. The normalized spacial score (nSPS) is 22.0. The Kier molecular flexibility index (Phi) is 4.80. The van der Waals surface area contributed by atoms with Gasteiger partial charge >= 0.3 is 5.97 Å². The zero-order valence-corrected chi connectivity index (χ0v) is 12.2. The second kappa shape index (κ2) is 6.58. The highest BCUT2D eigenvalue weighted by Crippen LogP contribution is 2.24. The van der Waals surface area contributed by atoms with Crippen LogP contribution in [0.1, 0.15) is 13.3 Å². The minimum atomic E-state index is -0.791. The average Bonchev–Trinajstić information content (AvgIpc) is 2.81. The molecular weight excluding hydrogens is 272 g/mol. The average molecular weight is 292 g/mol. The van der Waals surface area contributed by atoms with Crippen LogP contribution in [-0.4, -0.2) is 48.1 Å². The Bertz CT molecular complexity index is 515. The van der Waals surface area contributed by atoms with E-state index in [1.165, 1.54) is 0 Å². The number of rotatable bonds is 5.